The van der Waals surface area contributed by atoms with E-state index in [2.05, 4.69) is 17.1 Å². The maximum absolute atomic E-state index is 5.21. The topological polar surface area (TPSA) is 22.1 Å². The quantitative estimate of drug-likeness (QED) is 0.698. The smallest absolute Gasteiger partial charge is 0.119 e. The van der Waals surface area contributed by atoms with Crippen molar-refractivity contribution in [2.24, 2.45) is 0 Å². The number of methoxy groups -OCH3 is 1. The van der Waals surface area contributed by atoms with Crippen LogP contribution >= 0.6 is 11.3 Å². The van der Waals surface area contributed by atoms with Gasteiger partial charge >= 0.3 is 0 Å². The van der Waals surface area contributed by atoms with Gasteiger partial charge in [-0.1, -0.05) is 30.3 Å². The number of hydrogen-bond acceptors (Lipinski definition) is 3. The first-order valence-corrected chi connectivity index (χ1v) is 6.84. The standard InChI is InChI=1S/C16H13NOS/c1-18-13-6-4-5-12(11-13)9-10-16-17-14-7-2-3-8-15(14)19-16/h2-11H,1H3/b10-9+. The van der Waals surface area contributed by atoms with Crippen molar-refractivity contribution in [2.45, 2.75) is 0 Å². The van der Waals surface area contributed by atoms with E-state index in [0.717, 1.165) is 21.8 Å². The predicted molar refractivity (Wildman–Crippen MR) is 81.5 cm³/mol. The maximum Gasteiger partial charge on any atom is 0.119 e. The lowest BCUT2D eigenvalue weighted by atomic mass is 10.2. The van der Waals surface area contributed by atoms with Crippen molar-refractivity contribution in [3.63, 3.8) is 0 Å². The molecule has 3 rings (SSSR count). The lowest BCUT2D eigenvalue weighted by molar-refractivity contribution is 0.414. The van der Waals surface area contributed by atoms with E-state index in [1.165, 1.54) is 4.70 Å². The molecule has 0 aliphatic rings. The van der Waals surface area contributed by atoms with E-state index in [0.29, 0.717) is 0 Å². The van der Waals surface area contributed by atoms with Gasteiger partial charge < -0.3 is 4.74 Å². The first kappa shape index (κ1) is 11.9. The Hall–Kier alpha value is -2.13. The van der Waals surface area contributed by atoms with E-state index in [4.69, 9.17) is 4.74 Å². The fourth-order valence-electron chi connectivity index (χ4n) is 1.87. The fraction of sp³-hybridized carbons (Fsp3) is 0.0625. The van der Waals surface area contributed by atoms with Crippen LogP contribution in [0.15, 0.2) is 48.5 Å². The number of fused-ring (bicyclic) bond motifs is 1. The Balaban J connectivity index is 1.88. The summed E-state index contributed by atoms with van der Waals surface area (Å²) in [5.41, 5.74) is 2.16. The Morgan fingerprint density at radius 1 is 1.05 bits per heavy atom. The highest BCUT2D eigenvalue weighted by Gasteiger charge is 1.99. The summed E-state index contributed by atoms with van der Waals surface area (Å²) < 4.78 is 6.42. The Morgan fingerprint density at radius 2 is 1.95 bits per heavy atom. The molecule has 0 unspecified atom stereocenters. The van der Waals surface area contributed by atoms with Crippen LogP contribution in [0, 0.1) is 0 Å². The molecule has 0 fully saturated rings. The van der Waals surface area contributed by atoms with Gasteiger partial charge in [0, 0.05) is 0 Å². The van der Waals surface area contributed by atoms with Gasteiger partial charge in [0.1, 0.15) is 10.8 Å². The third-order valence-electron chi connectivity index (χ3n) is 2.82. The van der Waals surface area contributed by atoms with Crippen LogP contribution in [0.4, 0.5) is 0 Å². The van der Waals surface area contributed by atoms with Gasteiger partial charge in [0.15, 0.2) is 0 Å². The summed E-state index contributed by atoms with van der Waals surface area (Å²) in [6.07, 6.45) is 4.10. The van der Waals surface area contributed by atoms with Crippen molar-refractivity contribution in [2.75, 3.05) is 7.11 Å². The third kappa shape index (κ3) is 2.66. The van der Waals surface area contributed by atoms with Crippen LogP contribution in [0.5, 0.6) is 5.75 Å². The van der Waals surface area contributed by atoms with Gasteiger partial charge in [-0.3, -0.25) is 0 Å². The van der Waals surface area contributed by atoms with Crippen LogP contribution in [0.2, 0.25) is 0 Å². The van der Waals surface area contributed by atoms with Crippen LogP contribution in [0.25, 0.3) is 22.4 Å². The van der Waals surface area contributed by atoms with Crippen LogP contribution in [0.1, 0.15) is 10.6 Å². The Morgan fingerprint density at radius 3 is 2.79 bits per heavy atom. The van der Waals surface area contributed by atoms with Crippen LogP contribution in [-0.4, -0.2) is 12.1 Å². The van der Waals surface area contributed by atoms with Crippen LogP contribution in [0.3, 0.4) is 0 Å². The minimum Gasteiger partial charge on any atom is -0.497 e. The largest absolute Gasteiger partial charge is 0.497 e. The SMILES string of the molecule is COc1cccc(/C=C/c2nc3ccccc3s2)c1. The van der Waals surface area contributed by atoms with E-state index in [-0.39, 0.29) is 0 Å². The van der Waals surface area contributed by atoms with Crippen molar-refractivity contribution in [3.05, 3.63) is 59.1 Å². The highest BCUT2D eigenvalue weighted by Crippen LogP contribution is 2.23. The number of thiazole rings is 1. The average molecular weight is 267 g/mol. The molecule has 0 saturated carbocycles. The van der Waals surface area contributed by atoms with Crippen LogP contribution < -0.4 is 4.74 Å². The molecule has 3 aromatic rings. The van der Waals surface area contributed by atoms with Gasteiger partial charge in [0.2, 0.25) is 0 Å². The van der Waals surface area contributed by atoms with E-state index in [1.807, 2.05) is 48.5 Å². The summed E-state index contributed by atoms with van der Waals surface area (Å²) >= 11 is 1.70. The van der Waals surface area contributed by atoms with Gasteiger partial charge in [-0.15, -0.1) is 11.3 Å². The second-order valence-electron chi connectivity index (χ2n) is 4.13. The molecule has 0 radical (unpaired) electrons. The van der Waals surface area contributed by atoms with Gasteiger partial charge in [0.25, 0.3) is 0 Å². The van der Waals surface area contributed by atoms with Gasteiger partial charge in [-0.25, -0.2) is 4.98 Å². The normalized spacial score (nSPS) is 11.2. The minimum atomic E-state index is 0.867. The van der Waals surface area contributed by atoms with E-state index < -0.39 is 0 Å². The third-order valence-corrected chi connectivity index (χ3v) is 3.82. The number of rotatable bonds is 3. The van der Waals surface area contributed by atoms with Crippen molar-refractivity contribution in [1.29, 1.82) is 0 Å². The molecule has 0 atom stereocenters. The molecule has 0 amide bonds. The number of benzene rings is 2. The molecule has 0 aliphatic heterocycles. The zero-order valence-corrected chi connectivity index (χ0v) is 11.4. The molecule has 0 spiro atoms. The number of nitrogens with zero attached hydrogens (tertiary/aromatic N) is 1. The highest BCUT2D eigenvalue weighted by atomic mass is 32.1. The maximum atomic E-state index is 5.21. The Bertz CT molecular complexity index is 697. The molecule has 3 heteroatoms. The number of para-hydroxylation sites is 1. The van der Waals surface area contributed by atoms with Gasteiger partial charge in [0.05, 0.1) is 17.3 Å². The number of hydrogen-bond donors (Lipinski definition) is 0. The average Bonchev–Trinajstić information content (AvgIpc) is 2.88. The molecule has 0 aliphatic carbocycles. The molecular weight excluding hydrogens is 254 g/mol. The lowest BCUT2D eigenvalue weighted by Crippen LogP contribution is -1.82. The summed E-state index contributed by atoms with van der Waals surface area (Å²) in [7, 11) is 1.68. The predicted octanol–water partition coefficient (Wildman–Crippen LogP) is 4.48. The second-order valence-corrected chi connectivity index (χ2v) is 5.19. The first-order chi connectivity index (χ1) is 9.35. The van der Waals surface area contributed by atoms with E-state index >= 15 is 0 Å². The van der Waals surface area contributed by atoms with Crippen molar-refractivity contribution >= 4 is 33.7 Å². The number of ether oxygens (including phenoxy) is 1. The lowest BCUT2D eigenvalue weighted by Gasteiger charge is -1.99. The van der Waals surface area contributed by atoms with E-state index in [9.17, 15) is 0 Å². The molecule has 1 aromatic heterocycles. The number of aromatic nitrogens is 1. The van der Waals surface area contributed by atoms with E-state index in [1.54, 1.807) is 18.4 Å². The fourth-order valence-corrected chi connectivity index (χ4v) is 2.74. The zero-order chi connectivity index (χ0) is 13.1. The van der Waals surface area contributed by atoms with Gasteiger partial charge in [-0.2, -0.15) is 0 Å². The molecule has 19 heavy (non-hydrogen) atoms. The monoisotopic (exact) mass is 267 g/mol. The highest BCUT2D eigenvalue weighted by molar-refractivity contribution is 7.19. The molecule has 0 N–H and O–H groups in total. The minimum absolute atomic E-state index is 0.867. The molecular formula is C16H13NOS. The molecule has 94 valence electrons. The van der Waals surface area contributed by atoms with Crippen molar-refractivity contribution in [1.82, 2.24) is 4.98 Å². The molecule has 0 saturated heterocycles. The molecule has 1 heterocycles. The molecule has 0 bridgehead atoms. The molecule has 2 aromatic carbocycles. The summed E-state index contributed by atoms with van der Waals surface area (Å²) in [6.45, 7) is 0. The van der Waals surface area contributed by atoms with Crippen molar-refractivity contribution in [3.8, 4) is 5.75 Å². The van der Waals surface area contributed by atoms with Crippen LogP contribution in [-0.2, 0) is 0 Å². The Labute approximate surface area is 116 Å². The molecule has 2 nitrogen and oxygen atoms in total. The van der Waals surface area contributed by atoms with Gasteiger partial charge in [-0.05, 0) is 35.9 Å². The summed E-state index contributed by atoms with van der Waals surface area (Å²) in [5.74, 6) is 0.867. The van der Waals surface area contributed by atoms with Crippen molar-refractivity contribution < 1.29 is 4.74 Å². The first-order valence-electron chi connectivity index (χ1n) is 6.03. The Kier molecular flexibility index (Phi) is 3.29. The summed E-state index contributed by atoms with van der Waals surface area (Å²) in [4.78, 5) is 4.57. The summed E-state index contributed by atoms with van der Waals surface area (Å²) in [6, 6.07) is 16.2. The summed E-state index contributed by atoms with van der Waals surface area (Å²) in [5, 5.41) is 1.02. The second kappa shape index (κ2) is 5.24. The zero-order valence-electron chi connectivity index (χ0n) is 10.5.